The van der Waals surface area contributed by atoms with E-state index < -0.39 is 5.97 Å². The van der Waals surface area contributed by atoms with Crippen molar-refractivity contribution in [1.82, 2.24) is 4.98 Å². The molecule has 0 aliphatic rings. The molecule has 0 aliphatic heterocycles. The van der Waals surface area contributed by atoms with Gasteiger partial charge in [0.15, 0.2) is 0 Å². The van der Waals surface area contributed by atoms with Crippen LogP contribution in [0.15, 0.2) is 30.3 Å². The fraction of sp³-hybridized carbons (Fsp3) is 0.333. The zero-order chi connectivity index (χ0) is 17.0. The first-order valence-corrected chi connectivity index (χ1v) is 7.60. The smallest absolute Gasteiger partial charge is 0.339 e. The van der Waals surface area contributed by atoms with E-state index in [-0.39, 0.29) is 5.78 Å². The second-order valence-electron chi connectivity index (χ2n) is 5.84. The van der Waals surface area contributed by atoms with Crippen LogP contribution in [0.2, 0.25) is 0 Å². The third kappa shape index (κ3) is 3.87. The van der Waals surface area contributed by atoms with Gasteiger partial charge in [-0.25, -0.2) is 4.79 Å². The van der Waals surface area contributed by atoms with Gasteiger partial charge in [0.05, 0.1) is 25.4 Å². The first-order valence-electron chi connectivity index (χ1n) is 7.60. The number of aromatic amines is 1. The summed E-state index contributed by atoms with van der Waals surface area (Å²) in [6, 6.07) is 10.1. The Hall–Kier alpha value is -2.40. The monoisotopic (exact) mass is 315 g/mol. The number of esters is 1. The number of hydrogen-bond donors (Lipinski definition) is 2. The highest BCUT2D eigenvalue weighted by Crippen LogP contribution is 2.18. The molecule has 1 aromatic heterocycles. The molecule has 2 rings (SSSR count). The van der Waals surface area contributed by atoms with Crippen molar-refractivity contribution in [3.63, 3.8) is 0 Å². The second-order valence-corrected chi connectivity index (χ2v) is 5.84. The number of benzene rings is 1. The Kier molecular flexibility index (Phi) is 5.34. The zero-order valence-electron chi connectivity index (χ0n) is 14.0. The minimum Gasteiger partial charge on any atom is -0.465 e. The largest absolute Gasteiger partial charge is 0.465 e. The summed E-state index contributed by atoms with van der Waals surface area (Å²) >= 11 is 0. The first-order chi connectivity index (χ1) is 10.9. The van der Waals surface area contributed by atoms with Crippen LogP contribution in [0.4, 0.5) is 0 Å². The van der Waals surface area contributed by atoms with E-state index in [0.717, 1.165) is 11.4 Å². The number of rotatable bonds is 6. The van der Waals surface area contributed by atoms with Crippen LogP contribution in [0.1, 0.15) is 37.7 Å². The molecule has 1 atom stereocenters. The molecule has 2 aromatic rings. The Morgan fingerprint density at radius 2 is 1.83 bits per heavy atom. The summed E-state index contributed by atoms with van der Waals surface area (Å²) in [6.07, 6.45) is 0. The second kappa shape index (κ2) is 7.24. The van der Waals surface area contributed by atoms with Crippen molar-refractivity contribution in [2.75, 3.05) is 20.7 Å². The molecule has 5 nitrogen and oxygen atoms in total. The number of ether oxygens (including phenoxy) is 1. The Morgan fingerprint density at radius 1 is 1.17 bits per heavy atom. The first kappa shape index (κ1) is 17.0. The highest BCUT2D eigenvalue weighted by atomic mass is 16.5. The number of hydrogen-bond acceptors (Lipinski definition) is 3. The highest BCUT2D eigenvalue weighted by molar-refractivity contribution is 6.01. The third-order valence-corrected chi connectivity index (χ3v) is 3.92. The van der Waals surface area contributed by atoms with E-state index in [9.17, 15) is 9.59 Å². The summed E-state index contributed by atoms with van der Waals surface area (Å²) in [6.45, 7) is 4.68. The molecule has 0 spiro atoms. The summed E-state index contributed by atoms with van der Waals surface area (Å²) in [5.74, 6) is -0.422. The standard InChI is InChI=1S/C18H22N2O3/c1-12-16(18(22)23-4)13(2)19-17(12)15(21)11-20(3)10-14-8-6-5-7-9-14/h5-9,19H,10-11H2,1-4H3/p+1. The van der Waals surface area contributed by atoms with E-state index in [1.54, 1.807) is 13.8 Å². The molecule has 1 aromatic carbocycles. The van der Waals surface area contributed by atoms with Crippen molar-refractivity contribution >= 4 is 11.8 Å². The number of methoxy groups -OCH3 is 1. The van der Waals surface area contributed by atoms with E-state index in [1.807, 2.05) is 37.4 Å². The van der Waals surface area contributed by atoms with Crippen LogP contribution in [0.3, 0.4) is 0 Å². The third-order valence-electron chi connectivity index (χ3n) is 3.92. The lowest BCUT2D eigenvalue weighted by atomic mass is 10.1. The molecule has 0 fully saturated rings. The predicted octanol–water partition coefficient (Wildman–Crippen LogP) is 1.32. The molecule has 122 valence electrons. The molecule has 2 N–H and O–H groups in total. The minimum absolute atomic E-state index is 0.00539. The number of nitrogens with one attached hydrogen (secondary N) is 2. The Morgan fingerprint density at radius 3 is 2.43 bits per heavy atom. The van der Waals surface area contributed by atoms with Gasteiger partial charge in [0.1, 0.15) is 13.1 Å². The quantitative estimate of drug-likeness (QED) is 0.624. The Labute approximate surface area is 136 Å². The fourth-order valence-electron chi connectivity index (χ4n) is 2.81. The summed E-state index contributed by atoms with van der Waals surface area (Å²) < 4.78 is 4.78. The summed E-state index contributed by atoms with van der Waals surface area (Å²) in [4.78, 5) is 28.5. The van der Waals surface area contributed by atoms with Gasteiger partial charge in [0.25, 0.3) is 0 Å². The molecule has 0 radical (unpaired) electrons. The molecule has 0 bridgehead atoms. The average molecular weight is 315 g/mol. The van der Waals surface area contributed by atoms with Crippen molar-refractivity contribution in [3.05, 3.63) is 58.4 Å². The number of quaternary nitrogens is 1. The SMILES string of the molecule is COC(=O)c1c(C)[nH]c(C(=O)C[NH+](C)Cc2ccccc2)c1C. The molecular formula is C18H23N2O3+. The van der Waals surface area contributed by atoms with Crippen LogP contribution < -0.4 is 4.90 Å². The molecule has 0 amide bonds. The molecule has 5 heteroatoms. The van der Waals surface area contributed by atoms with Gasteiger partial charge in [-0.1, -0.05) is 30.3 Å². The van der Waals surface area contributed by atoms with Gasteiger partial charge in [-0.05, 0) is 19.4 Å². The maximum atomic E-state index is 12.5. The molecular weight excluding hydrogens is 292 g/mol. The van der Waals surface area contributed by atoms with Crippen molar-refractivity contribution in [2.45, 2.75) is 20.4 Å². The molecule has 0 aliphatic carbocycles. The number of aromatic nitrogens is 1. The van der Waals surface area contributed by atoms with E-state index >= 15 is 0 Å². The lowest BCUT2D eigenvalue weighted by Gasteiger charge is -2.13. The Bertz CT molecular complexity index is 705. The van der Waals surface area contributed by atoms with E-state index in [0.29, 0.717) is 29.1 Å². The van der Waals surface area contributed by atoms with Crippen molar-refractivity contribution in [1.29, 1.82) is 0 Å². The van der Waals surface area contributed by atoms with Gasteiger partial charge in [-0.2, -0.15) is 0 Å². The molecule has 1 heterocycles. The lowest BCUT2D eigenvalue weighted by Crippen LogP contribution is -3.08. The molecule has 23 heavy (non-hydrogen) atoms. The zero-order valence-corrected chi connectivity index (χ0v) is 14.0. The fourth-order valence-corrected chi connectivity index (χ4v) is 2.81. The number of ketones is 1. The van der Waals surface area contributed by atoms with Crippen LogP contribution in [-0.4, -0.2) is 37.4 Å². The van der Waals surface area contributed by atoms with E-state index in [2.05, 4.69) is 4.98 Å². The van der Waals surface area contributed by atoms with Gasteiger partial charge in [-0.3, -0.25) is 4.79 Å². The summed E-state index contributed by atoms with van der Waals surface area (Å²) in [5.41, 5.74) is 3.46. The lowest BCUT2D eigenvalue weighted by molar-refractivity contribution is -0.884. The van der Waals surface area contributed by atoms with Gasteiger partial charge in [-0.15, -0.1) is 0 Å². The van der Waals surface area contributed by atoms with Gasteiger partial charge < -0.3 is 14.6 Å². The molecule has 0 saturated heterocycles. The van der Waals surface area contributed by atoms with Crippen LogP contribution in [0.5, 0.6) is 0 Å². The van der Waals surface area contributed by atoms with Crippen LogP contribution >= 0.6 is 0 Å². The predicted molar refractivity (Wildman–Crippen MR) is 87.8 cm³/mol. The van der Waals surface area contributed by atoms with E-state index in [1.165, 1.54) is 12.7 Å². The molecule has 1 unspecified atom stereocenters. The highest BCUT2D eigenvalue weighted by Gasteiger charge is 2.24. The number of carbonyl (C=O) groups excluding carboxylic acids is 2. The molecule has 0 saturated carbocycles. The number of H-pyrrole nitrogens is 1. The van der Waals surface area contributed by atoms with Gasteiger partial charge in [0, 0.05) is 11.3 Å². The van der Waals surface area contributed by atoms with Crippen molar-refractivity contribution in [3.8, 4) is 0 Å². The maximum Gasteiger partial charge on any atom is 0.339 e. The number of likely N-dealkylation sites (N-methyl/N-ethyl adjacent to an activating group) is 1. The number of aryl methyl sites for hydroxylation is 1. The van der Waals surface area contributed by atoms with Crippen molar-refractivity contribution < 1.29 is 19.2 Å². The van der Waals surface area contributed by atoms with Crippen LogP contribution in [0.25, 0.3) is 0 Å². The number of Topliss-reactive ketones (excluding diaryl/α,β-unsaturated/α-hetero) is 1. The minimum atomic E-state index is -0.416. The summed E-state index contributed by atoms with van der Waals surface area (Å²) in [7, 11) is 3.32. The van der Waals surface area contributed by atoms with Gasteiger partial charge >= 0.3 is 5.97 Å². The maximum absolute atomic E-state index is 12.5. The average Bonchev–Trinajstić information content (AvgIpc) is 2.82. The normalized spacial score (nSPS) is 12.0. The van der Waals surface area contributed by atoms with Crippen molar-refractivity contribution in [2.24, 2.45) is 0 Å². The topological polar surface area (TPSA) is 63.6 Å². The van der Waals surface area contributed by atoms with Crippen LogP contribution in [-0.2, 0) is 11.3 Å². The number of carbonyl (C=O) groups is 2. The Balaban J connectivity index is 2.10. The summed E-state index contributed by atoms with van der Waals surface area (Å²) in [5, 5.41) is 0. The van der Waals surface area contributed by atoms with Gasteiger partial charge in [0.2, 0.25) is 5.78 Å². The van der Waals surface area contributed by atoms with Crippen LogP contribution in [0, 0.1) is 13.8 Å². The van der Waals surface area contributed by atoms with E-state index in [4.69, 9.17) is 4.74 Å².